The predicted octanol–water partition coefficient (Wildman–Crippen LogP) is 8.60. The number of alkyl carbamates (subject to hydrolysis) is 1. The summed E-state index contributed by atoms with van der Waals surface area (Å²) in [4.78, 5) is 225. The number of piperidine rings is 1. The van der Waals surface area contributed by atoms with Crippen molar-refractivity contribution < 1.29 is 136 Å². The number of hydrogen-bond acceptors (Lipinski definition) is 28. The second-order valence-corrected chi connectivity index (χ2v) is 34.5. The zero-order chi connectivity index (χ0) is 94.0. The molecule has 1 saturated heterocycles. The highest BCUT2D eigenvalue weighted by molar-refractivity contribution is 8.76. The Morgan fingerprint density at radius 2 is 1.33 bits per heavy atom. The van der Waals surface area contributed by atoms with Crippen molar-refractivity contribution in [3.8, 4) is 5.75 Å². The normalized spacial score (nSPS) is 15.2. The Hall–Kier alpha value is -10.6. The lowest BCUT2D eigenvalue weighted by molar-refractivity contribution is -0.162. The first-order chi connectivity index (χ1) is 59.1. The molecule has 0 radical (unpaired) electrons. The van der Waals surface area contributed by atoms with Crippen LogP contribution in [0.25, 0.3) is 0 Å². The molecule has 125 heavy (non-hydrogen) atoms. The number of esters is 2. The van der Waals surface area contributed by atoms with Gasteiger partial charge >= 0.3 is 53.9 Å². The number of carboxylic acid groups (broad SMARTS) is 5. The molecular weight excluding hydrogens is 1690 g/mol. The number of nitrogens with one attached hydrogen (secondary N) is 6. The summed E-state index contributed by atoms with van der Waals surface area (Å²) in [7, 11) is 7.43. The standard InChI is InChI=1S/C32H52N4O7S.C31H41NO7S2.C22H32N4O14/c1-9-13-29(39)42-19-36(32(41)23(21(5)10-2)16-27(38)25-14-11-12-15-35(25)8)26(20(3)4)17-28(43-22(6)37)31-34-24(18-44-31)30(40)33-7;1-21(16-25-9-11-27(33)12-10-25)15-22(2)29(35)19-32-31(38)39-13-14-40-41-20-26(30(36)37)18-28(34)23(3)17-24-7-5-4-6-8-24;1-23-19(34)11(9-18(32)33)8-12(28)2-3-13(20(35)36)24-15(29)5-4-14(21(37)38)25-22(39)26-16(40-10-27)6-7-17(30)31/h18,20-21,23,25-26,28H,9-17,19H2,1-8H3,(H,33,40);4-12,21-23,26,33H,13-20H2,1-3H3,(H,32,38)(H,36,37);10-11,13-14,16H,2-9H2,1H3,(H,23,34)(H,24,29)(H,30,31)(H,32,33)(H,35,36)(H,37,38)(H2,25,26,39)/t21?,23-,25+,26+,28+;21-,22+,23+,26+;11-,13-,14-,16+/m010/s1. The molecule has 13 atom stereocenters. The highest BCUT2D eigenvalue weighted by Gasteiger charge is 2.41. The van der Waals surface area contributed by atoms with Crippen LogP contribution in [0.2, 0.25) is 0 Å². The van der Waals surface area contributed by atoms with E-state index in [-0.39, 0.29) is 140 Å². The summed E-state index contributed by atoms with van der Waals surface area (Å²) in [6, 6.07) is 11.6. The van der Waals surface area contributed by atoms with Gasteiger partial charge in [-0.1, -0.05) is 132 Å². The van der Waals surface area contributed by atoms with Crippen LogP contribution in [0.4, 0.5) is 9.59 Å². The summed E-state index contributed by atoms with van der Waals surface area (Å²) in [5.74, 6) is -12.6. The number of benzene rings is 2. The molecule has 0 spiro atoms. The third kappa shape index (κ3) is 44.7. The number of thiazole rings is 1. The van der Waals surface area contributed by atoms with Crippen molar-refractivity contribution in [2.45, 2.75) is 227 Å². The Morgan fingerprint density at radius 3 is 1.90 bits per heavy atom. The van der Waals surface area contributed by atoms with Crippen LogP contribution < -0.4 is 31.9 Å². The van der Waals surface area contributed by atoms with Crippen LogP contribution in [-0.4, -0.2) is 242 Å². The van der Waals surface area contributed by atoms with E-state index in [4.69, 9.17) is 24.4 Å². The number of rotatable bonds is 57. The quantitative estimate of drug-likeness (QED) is 0.00628. The first-order valence-electron chi connectivity index (χ1n) is 41.4. The van der Waals surface area contributed by atoms with Gasteiger partial charge in [-0.05, 0) is 106 Å². The van der Waals surface area contributed by atoms with Gasteiger partial charge in [-0.25, -0.2) is 24.2 Å². The molecule has 0 aliphatic carbocycles. The first kappa shape index (κ1) is 110. The van der Waals surface area contributed by atoms with Crippen LogP contribution in [0.5, 0.6) is 5.75 Å². The van der Waals surface area contributed by atoms with E-state index in [1.807, 2.05) is 103 Å². The summed E-state index contributed by atoms with van der Waals surface area (Å²) in [6.07, 6.45) is -0.0146. The van der Waals surface area contributed by atoms with E-state index in [2.05, 4.69) is 48.1 Å². The van der Waals surface area contributed by atoms with Crippen LogP contribution in [0, 0.1) is 47.3 Å². The fourth-order valence-corrected chi connectivity index (χ4v) is 16.2. The molecule has 7 amide bonds. The molecule has 0 bridgehead atoms. The Kier molecular flexibility index (Phi) is 53.1. The van der Waals surface area contributed by atoms with Gasteiger partial charge in [0.15, 0.2) is 30.6 Å². The van der Waals surface area contributed by atoms with Crippen LogP contribution >= 0.6 is 32.9 Å². The van der Waals surface area contributed by atoms with Gasteiger partial charge in [0, 0.05) is 113 Å². The minimum absolute atomic E-state index is 0.0160. The number of nitrogens with zero attached hydrogens (tertiary/aromatic N) is 3. The molecule has 4 rings (SSSR count). The molecule has 1 aromatic heterocycles. The van der Waals surface area contributed by atoms with Gasteiger partial charge in [-0.2, -0.15) is 0 Å². The smallest absolute Gasteiger partial charge is 0.407 e. The number of ketones is 4. The van der Waals surface area contributed by atoms with Gasteiger partial charge in [0.1, 0.15) is 46.7 Å². The molecule has 1 fully saturated rings. The Bertz CT molecular complexity index is 4000. The lowest BCUT2D eigenvalue weighted by Crippen LogP contribution is -2.50. The van der Waals surface area contributed by atoms with Gasteiger partial charge in [-0.3, -0.25) is 72.0 Å². The van der Waals surface area contributed by atoms with E-state index in [0.29, 0.717) is 36.4 Å². The van der Waals surface area contributed by atoms with E-state index >= 15 is 0 Å². The van der Waals surface area contributed by atoms with Gasteiger partial charge in [0.05, 0.1) is 37.3 Å². The number of carbonyl (C=O) groups is 18. The average molecular weight is 1820 g/mol. The SMILES string of the molecule is CCCC(=O)OCN(C(=O)[C@@H](CC(=O)[C@H]1CCCCN1C)C(C)CC)[C@H](C[C@@H](OC(C)=O)c1nc(C(=O)NC)cs1)C(C)C.CNC(=O)[C@H](CC(=O)O)CC(=O)CC[C@H](NC(=O)CC[C@H](NC(=O)N[C@@H](CCC(=O)O)OC=O)C(=O)O)C(=O)O.C[C@@H](Cc1ccc(O)cc1)C[C@H](C)C(=O)CNC(=O)OCCSSC[C@H](CC(=O)[C@@H](C)Cc1ccccc1)C(=O)O. The van der Waals surface area contributed by atoms with Crippen molar-refractivity contribution in [1.82, 2.24) is 46.7 Å². The van der Waals surface area contributed by atoms with E-state index < -0.39 is 165 Å². The number of aromatic hydroxyl groups is 1. The lowest BCUT2D eigenvalue weighted by atomic mass is 9.82. The maximum atomic E-state index is 14.5. The Morgan fingerprint density at radius 1 is 0.680 bits per heavy atom. The van der Waals surface area contributed by atoms with Crippen LogP contribution in [0.15, 0.2) is 60.0 Å². The van der Waals surface area contributed by atoms with Crippen molar-refractivity contribution in [2.75, 3.05) is 59.1 Å². The number of likely N-dealkylation sites (N-methyl/N-ethyl adjacent to an activating group) is 1. The topological polar surface area (TPSA) is 557 Å². The summed E-state index contributed by atoms with van der Waals surface area (Å²) in [5, 5.41) is 70.6. The van der Waals surface area contributed by atoms with E-state index in [1.165, 1.54) is 53.9 Å². The molecule has 2 heterocycles. The Balaban J connectivity index is 0.000000636. The predicted molar refractivity (Wildman–Crippen MR) is 461 cm³/mol. The molecule has 1 aliphatic heterocycles. The second-order valence-electron chi connectivity index (χ2n) is 31.0. The number of ether oxygens (including phenoxy) is 4. The monoisotopic (exact) mass is 1820 g/mol. The molecule has 37 nitrogen and oxygen atoms in total. The Labute approximate surface area is 740 Å². The summed E-state index contributed by atoms with van der Waals surface area (Å²) >= 11 is 1.19. The number of urea groups is 1. The zero-order valence-electron chi connectivity index (χ0n) is 73.0. The number of carboxylic acids is 5. The molecule has 0 saturated carbocycles. The number of carbonyl (C=O) groups excluding carboxylic acids is 13. The van der Waals surface area contributed by atoms with Gasteiger partial charge in [0.25, 0.3) is 12.4 Å². The van der Waals surface area contributed by atoms with Gasteiger partial charge < -0.3 is 86.4 Å². The number of hydrogen-bond donors (Lipinski definition) is 12. The minimum Gasteiger partial charge on any atom is -0.508 e. The number of likely N-dealkylation sites (tertiary alicyclic amines) is 1. The van der Waals surface area contributed by atoms with E-state index in [1.54, 1.807) is 22.4 Å². The summed E-state index contributed by atoms with van der Waals surface area (Å²) < 4.78 is 20.9. The largest absolute Gasteiger partial charge is 0.508 e. The fourth-order valence-electron chi connectivity index (χ4n) is 13.2. The molecule has 1 aliphatic rings. The maximum absolute atomic E-state index is 14.5. The number of aromatic nitrogens is 1. The van der Waals surface area contributed by atoms with E-state index in [0.717, 1.165) is 43.4 Å². The van der Waals surface area contributed by atoms with Crippen molar-refractivity contribution in [3.05, 3.63) is 81.8 Å². The average Bonchev–Trinajstić information content (AvgIpc) is 1.80. The van der Waals surface area contributed by atoms with Crippen LogP contribution in [0.1, 0.15) is 211 Å². The van der Waals surface area contributed by atoms with Crippen molar-refractivity contribution >= 4 is 140 Å². The molecule has 1 unspecified atom stereocenters. The third-order valence-electron chi connectivity index (χ3n) is 20.5. The van der Waals surface area contributed by atoms with E-state index in [9.17, 15) is 107 Å². The third-order valence-corrected chi connectivity index (χ3v) is 23.9. The summed E-state index contributed by atoms with van der Waals surface area (Å²) in [5.41, 5.74) is 2.34. The van der Waals surface area contributed by atoms with Crippen molar-refractivity contribution in [3.63, 3.8) is 0 Å². The molecule has 2 aromatic carbocycles. The van der Waals surface area contributed by atoms with Crippen LogP contribution in [0.3, 0.4) is 0 Å². The van der Waals surface area contributed by atoms with Crippen molar-refractivity contribution in [2.24, 2.45) is 47.3 Å². The fraction of sp³-hybridized carbons (Fsp3) is 0.612. The highest BCUT2D eigenvalue weighted by atomic mass is 33.1. The second kappa shape index (κ2) is 60.1. The number of aliphatic carboxylic acids is 5. The lowest BCUT2D eigenvalue weighted by Gasteiger charge is -2.39. The van der Waals surface area contributed by atoms with Crippen molar-refractivity contribution in [1.29, 1.82) is 0 Å². The van der Waals surface area contributed by atoms with Crippen LogP contribution in [-0.2, 0) is 104 Å². The molecule has 3 aromatic rings. The number of Topliss-reactive ketones (excluding diaryl/α,β-unsaturated/α-hetero) is 4. The zero-order valence-corrected chi connectivity index (χ0v) is 75.5. The minimum atomic E-state index is -1.65. The number of amides is 7. The van der Waals surface area contributed by atoms with Gasteiger partial charge in [0.2, 0.25) is 17.7 Å². The molecular formula is C85H125N9O28S3. The summed E-state index contributed by atoms with van der Waals surface area (Å²) in [6.45, 7) is 17.3. The highest BCUT2D eigenvalue weighted by Crippen LogP contribution is 2.35. The van der Waals surface area contributed by atoms with Gasteiger partial charge in [-0.15, -0.1) is 11.3 Å². The maximum Gasteiger partial charge on any atom is 0.407 e. The first-order valence-corrected chi connectivity index (χ1v) is 44.8. The molecule has 40 heteroatoms. The number of phenolic OH excluding ortho intramolecular Hbond substituents is 1. The molecule has 696 valence electrons. The number of phenols is 1. The molecule has 12 N–H and O–H groups in total.